The Morgan fingerprint density at radius 3 is 2.81 bits per heavy atom. The third-order valence-corrected chi connectivity index (χ3v) is 3.21. The van der Waals surface area contributed by atoms with E-state index in [-0.39, 0.29) is 18.1 Å². The van der Waals surface area contributed by atoms with Gasteiger partial charge in [0.2, 0.25) is 0 Å². The fourth-order valence-electron chi connectivity index (χ4n) is 1.41. The van der Waals surface area contributed by atoms with Crippen LogP contribution in [0.4, 0.5) is 0 Å². The molecule has 0 aliphatic heterocycles. The highest BCUT2D eigenvalue weighted by molar-refractivity contribution is 9.10. The van der Waals surface area contributed by atoms with E-state index in [9.17, 15) is 4.79 Å². The van der Waals surface area contributed by atoms with Crippen molar-refractivity contribution in [2.75, 3.05) is 6.61 Å². The monoisotopic (exact) mass is 288 g/mol. The molecule has 0 saturated heterocycles. The number of aromatic nitrogens is 1. The standard InChI is InChI=1S/C11H17BrN2O2/c1-3-11(2,4-5-15)14-10(16)9-6-8(12)7-13-9/h6-7,13,15H,3-5H2,1-2H3,(H,14,16). The molecule has 0 fully saturated rings. The number of aromatic amines is 1. The fourth-order valence-corrected chi connectivity index (χ4v) is 1.76. The van der Waals surface area contributed by atoms with E-state index in [2.05, 4.69) is 26.2 Å². The van der Waals surface area contributed by atoms with Gasteiger partial charge in [0.1, 0.15) is 5.69 Å². The van der Waals surface area contributed by atoms with Crippen LogP contribution in [-0.4, -0.2) is 28.1 Å². The van der Waals surface area contributed by atoms with E-state index in [0.29, 0.717) is 12.1 Å². The molecular formula is C11H17BrN2O2. The molecular weight excluding hydrogens is 272 g/mol. The lowest BCUT2D eigenvalue weighted by Gasteiger charge is -2.28. The van der Waals surface area contributed by atoms with Crippen LogP contribution in [0.5, 0.6) is 0 Å². The first-order valence-corrected chi connectivity index (χ1v) is 6.07. The van der Waals surface area contributed by atoms with Gasteiger partial charge in [-0.1, -0.05) is 6.92 Å². The number of H-pyrrole nitrogens is 1. The first-order valence-electron chi connectivity index (χ1n) is 5.28. The Hall–Kier alpha value is -0.810. The number of aliphatic hydroxyl groups excluding tert-OH is 1. The van der Waals surface area contributed by atoms with Gasteiger partial charge in [-0.3, -0.25) is 4.79 Å². The summed E-state index contributed by atoms with van der Waals surface area (Å²) in [5.41, 5.74) is 0.160. The van der Waals surface area contributed by atoms with Gasteiger partial charge in [-0.05, 0) is 41.8 Å². The van der Waals surface area contributed by atoms with Crippen LogP contribution in [0.2, 0.25) is 0 Å². The summed E-state index contributed by atoms with van der Waals surface area (Å²) < 4.78 is 0.845. The highest BCUT2D eigenvalue weighted by atomic mass is 79.9. The zero-order valence-corrected chi connectivity index (χ0v) is 11.1. The molecule has 16 heavy (non-hydrogen) atoms. The first-order chi connectivity index (χ1) is 7.50. The Labute approximate surface area is 104 Å². The van der Waals surface area contributed by atoms with Crippen LogP contribution in [0.1, 0.15) is 37.2 Å². The molecule has 1 atom stereocenters. The molecule has 5 heteroatoms. The summed E-state index contributed by atoms with van der Waals surface area (Å²) in [6.45, 7) is 3.98. The van der Waals surface area contributed by atoms with Gasteiger partial charge in [0, 0.05) is 22.8 Å². The summed E-state index contributed by atoms with van der Waals surface area (Å²) >= 11 is 3.28. The zero-order valence-electron chi connectivity index (χ0n) is 9.51. The van der Waals surface area contributed by atoms with E-state index < -0.39 is 0 Å². The van der Waals surface area contributed by atoms with Crippen LogP contribution in [0, 0.1) is 0 Å². The van der Waals surface area contributed by atoms with E-state index in [1.165, 1.54) is 0 Å². The molecule has 1 unspecified atom stereocenters. The van der Waals surface area contributed by atoms with Crippen molar-refractivity contribution in [1.29, 1.82) is 0 Å². The average molecular weight is 289 g/mol. The van der Waals surface area contributed by atoms with Crippen LogP contribution < -0.4 is 5.32 Å². The van der Waals surface area contributed by atoms with Gasteiger partial charge in [0.25, 0.3) is 5.91 Å². The summed E-state index contributed by atoms with van der Waals surface area (Å²) in [5, 5.41) is 11.9. The molecule has 3 N–H and O–H groups in total. The number of rotatable bonds is 5. The maximum absolute atomic E-state index is 11.9. The van der Waals surface area contributed by atoms with Crippen molar-refractivity contribution in [2.24, 2.45) is 0 Å². The predicted molar refractivity (Wildman–Crippen MR) is 66.4 cm³/mol. The van der Waals surface area contributed by atoms with Gasteiger partial charge in [-0.15, -0.1) is 0 Å². The number of aliphatic hydroxyl groups is 1. The Kier molecular flexibility index (Phi) is 4.56. The Morgan fingerprint density at radius 1 is 1.69 bits per heavy atom. The van der Waals surface area contributed by atoms with E-state index in [4.69, 9.17) is 5.11 Å². The van der Waals surface area contributed by atoms with Gasteiger partial charge in [0.15, 0.2) is 0 Å². The number of carbonyl (C=O) groups is 1. The van der Waals surface area contributed by atoms with Gasteiger partial charge in [-0.2, -0.15) is 0 Å². The van der Waals surface area contributed by atoms with Gasteiger partial charge < -0.3 is 15.4 Å². The summed E-state index contributed by atoms with van der Waals surface area (Å²) in [5.74, 6) is -0.150. The second-order valence-corrected chi connectivity index (χ2v) is 4.99. The van der Waals surface area contributed by atoms with Crippen LogP contribution >= 0.6 is 15.9 Å². The molecule has 1 amide bonds. The second-order valence-electron chi connectivity index (χ2n) is 4.07. The molecule has 0 saturated carbocycles. The van der Waals surface area contributed by atoms with E-state index in [0.717, 1.165) is 10.9 Å². The quantitative estimate of drug-likeness (QED) is 0.777. The first kappa shape index (κ1) is 13.3. The lowest BCUT2D eigenvalue weighted by Crippen LogP contribution is -2.46. The van der Waals surface area contributed by atoms with Crippen molar-refractivity contribution in [1.82, 2.24) is 10.3 Å². The molecule has 90 valence electrons. The number of amides is 1. The Bertz CT molecular complexity index is 365. The molecule has 0 bridgehead atoms. The summed E-state index contributed by atoms with van der Waals surface area (Å²) in [4.78, 5) is 14.7. The maximum Gasteiger partial charge on any atom is 0.268 e. The minimum absolute atomic E-state index is 0.0685. The largest absolute Gasteiger partial charge is 0.396 e. The van der Waals surface area contributed by atoms with Crippen LogP contribution in [0.15, 0.2) is 16.7 Å². The smallest absolute Gasteiger partial charge is 0.268 e. The molecule has 1 aromatic heterocycles. The summed E-state index contributed by atoms with van der Waals surface area (Å²) in [6.07, 6.45) is 3.04. The van der Waals surface area contributed by atoms with Crippen molar-refractivity contribution in [2.45, 2.75) is 32.2 Å². The normalized spacial score (nSPS) is 14.5. The molecule has 0 radical (unpaired) electrons. The van der Waals surface area contributed by atoms with Crippen LogP contribution in [-0.2, 0) is 0 Å². The number of hydrogen-bond donors (Lipinski definition) is 3. The number of hydrogen-bond acceptors (Lipinski definition) is 2. The summed E-state index contributed by atoms with van der Waals surface area (Å²) in [7, 11) is 0. The maximum atomic E-state index is 11.9. The topological polar surface area (TPSA) is 65.1 Å². The molecule has 0 spiro atoms. The highest BCUT2D eigenvalue weighted by Gasteiger charge is 2.24. The van der Waals surface area contributed by atoms with E-state index in [1.54, 1.807) is 12.3 Å². The lowest BCUT2D eigenvalue weighted by molar-refractivity contribution is 0.0881. The number of nitrogens with one attached hydrogen (secondary N) is 2. The Balaban J connectivity index is 2.69. The van der Waals surface area contributed by atoms with Gasteiger partial charge in [0.05, 0.1) is 0 Å². The highest BCUT2D eigenvalue weighted by Crippen LogP contribution is 2.16. The van der Waals surface area contributed by atoms with Gasteiger partial charge >= 0.3 is 0 Å². The van der Waals surface area contributed by atoms with Crippen molar-refractivity contribution >= 4 is 21.8 Å². The molecule has 4 nitrogen and oxygen atoms in total. The second kappa shape index (κ2) is 5.50. The zero-order chi connectivity index (χ0) is 12.2. The van der Waals surface area contributed by atoms with Crippen LogP contribution in [0.3, 0.4) is 0 Å². The van der Waals surface area contributed by atoms with E-state index >= 15 is 0 Å². The third kappa shape index (κ3) is 3.35. The SMILES string of the molecule is CCC(C)(CCO)NC(=O)c1cc(Br)c[nH]1. The molecule has 1 aromatic rings. The molecule has 0 aliphatic carbocycles. The Morgan fingerprint density at radius 2 is 2.38 bits per heavy atom. The number of carbonyl (C=O) groups excluding carboxylic acids is 1. The lowest BCUT2D eigenvalue weighted by atomic mass is 9.95. The minimum Gasteiger partial charge on any atom is -0.396 e. The van der Waals surface area contributed by atoms with Crippen molar-refractivity contribution in [3.63, 3.8) is 0 Å². The van der Waals surface area contributed by atoms with Crippen molar-refractivity contribution in [3.8, 4) is 0 Å². The fraction of sp³-hybridized carbons (Fsp3) is 0.545. The molecule has 1 rings (SSSR count). The number of halogens is 1. The molecule has 0 aromatic carbocycles. The van der Waals surface area contributed by atoms with Gasteiger partial charge in [-0.25, -0.2) is 0 Å². The van der Waals surface area contributed by atoms with Crippen molar-refractivity contribution in [3.05, 3.63) is 22.4 Å². The summed E-state index contributed by atoms with van der Waals surface area (Å²) in [6, 6.07) is 1.73. The minimum atomic E-state index is -0.358. The molecule has 0 aliphatic rings. The van der Waals surface area contributed by atoms with E-state index in [1.807, 2.05) is 13.8 Å². The van der Waals surface area contributed by atoms with Crippen molar-refractivity contribution < 1.29 is 9.90 Å². The third-order valence-electron chi connectivity index (χ3n) is 2.75. The van der Waals surface area contributed by atoms with Crippen LogP contribution in [0.25, 0.3) is 0 Å². The predicted octanol–water partition coefficient (Wildman–Crippen LogP) is 2.06. The average Bonchev–Trinajstić information content (AvgIpc) is 2.65. The molecule has 1 heterocycles.